The van der Waals surface area contributed by atoms with Crippen molar-refractivity contribution in [2.45, 2.75) is 31.4 Å². The van der Waals surface area contributed by atoms with Gasteiger partial charge < -0.3 is 15.2 Å². The average molecular weight is 389 g/mol. The first-order valence-corrected chi connectivity index (χ1v) is 7.54. The van der Waals surface area contributed by atoms with E-state index in [4.69, 9.17) is 4.74 Å². The number of nitrogens with one attached hydrogen (secondary N) is 1. The van der Waals surface area contributed by atoms with Gasteiger partial charge in [0.15, 0.2) is 0 Å². The van der Waals surface area contributed by atoms with Gasteiger partial charge in [0.05, 0.1) is 0 Å². The van der Waals surface area contributed by atoms with Gasteiger partial charge in [-0.05, 0) is 47.1 Å². The lowest BCUT2D eigenvalue weighted by Gasteiger charge is -2.17. The molecule has 1 heterocycles. The van der Waals surface area contributed by atoms with Crippen molar-refractivity contribution < 1.29 is 19.4 Å². The smallest absolute Gasteiger partial charge is 0.326 e. The average Bonchev–Trinajstić information content (AvgIpc) is 2.94. The zero-order valence-electron chi connectivity index (χ0n) is 10.8. The van der Waals surface area contributed by atoms with Crippen LogP contribution in [0.1, 0.15) is 18.4 Å². The fourth-order valence-electron chi connectivity index (χ4n) is 2.13. The van der Waals surface area contributed by atoms with E-state index in [9.17, 15) is 14.7 Å². The van der Waals surface area contributed by atoms with Crippen molar-refractivity contribution in [1.29, 1.82) is 0 Å². The summed E-state index contributed by atoms with van der Waals surface area (Å²) in [6.07, 6.45) is 1.26. The standard InChI is InChI=1S/C14H16INO4/c15-10-5-2-1-4-9(10)8-11(14(18)19)16-13(17)12-6-3-7-20-12/h1-2,4-5,11-12H,3,6-8H2,(H,16,17)(H,18,19)/t11-,12+/m1/s1. The van der Waals surface area contributed by atoms with Gasteiger partial charge in [-0.25, -0.2) is 4.79 Å². The Morgan fingerprint density at radius 1 is 1.45 bits per heavy atom. The minimum Gasteiger partial charge on any atom is -0.480 e. The first kappa shape index (κ1) is 15.2. The van der Waals surface area contributed by atoms with Crippen LogP contribution in [0.2, 0.25) is 0 Å². The molecule has 2 N–H and O–H groups in total. The number of ether oxygens (including phenoxy) is 1. The molecule has 6 heteroatoms. The van der Waals surface area contributed by atoms with Crippen LogP contribution in [-0.4, -0.2) is 35.7 Å². The molecule has 0 radical (unpaired) electrons. The molecule has 20 heavy (non-hydrogen) atoms. The Bertz CT molecular complexity index is 500. The first-order chi connectivity index (χ1) is 9.58. The summed E-state index contributed by atoms with van der Waals surface area (Å²) in [5, 5.41) is 11.8. The highest BCUT2D eigenvalue weighted by Crippen LogP contribution is 2.15. The minimum atomic E-state index is -1.03. The molecule has 1 fully saturated rings. The third-order valence-electron chi connectivity index (χ3n) is 3.22. The molecule has 0 unspecified atom stereocenters. The Morgan fingerprint density at radius 2 is 2.20 bits per heavy atom. The van der Waals surface area contributed by atoms with Gasteiger partial charge in [0.2, 0.25) is 5.91 Å². The van der Waals surface area contributed by atoms with Gasteiger partial charge in [-0.15, -0.1) is 0 Å². The van der Waals surface area contributed by atoms with E-state index >= 15 is 0 Å². The van der Waals surface area contributed by atoms with Crippen LogP contribution in [-0.2, 0) is 20.7 Å². The molecule has 1 aliphatic heterocycles. The van der Waals surface area contributed by atoms with Crippen LogP contribution in [0, 0.1) is 3.57 Å². The van der Waals surface area contributed by atoms with Gasteiger partial charge in [0.25, 0.3) is 0 Å². The topological polar surface area (TPSA) is 75.6 Å². The molecule has 1 aliphatic rings. The highest BCUT2D eigenvalue weighted by molar-refractivity contribution is 14.1. The largest absolute Gasteiger partial charge is 0.480 e. The summed E-state index contributed by atoms with van der Waals surface area (Å²) in [4.78, 5) is 23.2. The summed E-state index contributed by atoms with van der Waals surface area (Å²) in [5.41, 5.74) is 0.910. The molecule has 0 bridgehead atoms. The van der Waals surface area contributed by atoms with Crippen molar-refractivity contribution in [3.63, 3.8) is 0 Å². The maximum absolute atomic E-state index is 11.9. The number of halogens is 1. The summed E-state index contributed by atoms with van der Waals surface area (Å²) in [7, 11) is 0. The molecule has 5 nitrogen and oxygen atoms in total. The number of hydrogen-bond acceptors (Lipinski definition) is 3. The lowest BCUT2D eigenvalue weighted by atomic mass is 10.1. The van der Waals surface area contributed by atoms with E-state index in [1.807, 2.05) is 24.3 Å². The van der Waals surface area contributed by atoms with Crippen molar-refractivity contribution in [3.8, 4) is 0 Å². The quantitative estimate of drug-likeness (QED) is 0.750. The molecule has 0 aromatic heterocycles. The van der Waals surface area contributed by atoms with Crippen molar-refractivity contribution in [2.24, 2.45) is 0 Å². The van der Waals surface area contributed by atoms with Crippen LogP contribution in [0.25, 0.3) is 0 Å². The molecule has 0 aliphatic carbocycles. The number of benzene rings is 1. The first-order valence-electron chi connectivity index (χ1n) is 6.46. The SMILES string of the molecule is O=C(N[C@H](Cc1ccccc1I)C(=O)O)[C@@H]1CCCO1. The van der Waals surface area contributed by atoms with Crippen LogP contribution in [0.5, 0.6) is 0 Å². The van der Waals surface area contributed by atoms with Gasteiger partial charge in [-0.2, -0.15) is 0 Å². The molecular formula is C14H16INO4. The predicted octanol–water partition coefficient (Wildman–Crippen LogP) is 1.58. The van der Waals surface area contributed by atoms with Crippen LogP contribution in [0.15, 0.2) is 24.3 Å². The van der Waals surface area contributed by atoms with E-state index in [2.05, 4.69) is 27.9 Å². The third kappa shape index (κ3) is 3.92. The molecule has 1 aromatic rings. The number of rotatable bonds is 5. The van der Waals surface area contributed by atoms with Crippen molar-refractivity contribution in [2.75, 3.05) is 6.61 Å². The monoisotopic (exact) mass is 389 g/mol. The van der Waals surface area contributed by atoms with E-state index in [0.29, 0.717) is 13.0 Å². The molecule has 0 spiro atoms. The Morgan fingerprint density at radius 3 is 2.80 bits per heavy atom. The summed E-state index contributed by atoms with van der Waals surface area (Å²) >= 11 is 2.16. The molecular weight excluding hydrogens is 373 g/mol. The second-order valence-corrected chi connectivity index (χ2v) is 5.86. The summed E-state index contributed by atoms with van der Waals surface area (Å²) in [6, 6.07) is 6.61. The highest BCUT2D eigenvalue weighted by atomic mass is 127. The molecule has 108 valence electrons. The molecule has 2 rings (SSSR count). The van der Waals surface area contributed by atoms with E-state index in [-0.39, 0.29) is 12.3 Å². The van der Waals surface area contributed by atoms with Crippen LogP contribution in [0.3, 0.4) is 0 Å². The maximum Gasteiger partial charge on any atom is 0.326 e. The number of carbonyl (C=O) groups is 2. The Hall–Kier alpha value is -1.15. The maximum atomic E-state index is 11.9. The number of carbonyl (C=O) groups excluding carboxylic acids is 1. The highest BCUT2D eigenvalue weighted by Gasteiger charge is 2.28. The van der Waals surface area contributed by atoms with Gasteiger partial charge in [-0.3, -0.25) is 4.79 Å². The molecule has 1 aromatic carbocycles. The number of amides is 1. The summed E-state index contributed by atoms with van der Waals surface area (Å²) in [6.45, 7) is 0.562. The van der Waals surface area contributed by atoms with Crippen LogP contribution < -0.4 is 5.32 Å². The Balaban J connectivity index is 2.02. The fraction of sp³-hybridized carbons (Fsp3) is 0.429. The van der Waals surface area contributed by atoms with Gasteiger partial charge >= 0.3 is 5.97 Å². The van der Waals surface area contributed by atoms with E-state index in [1.54, 1.807) is 0 Å². The van der Waals surface area contributed by atoms with Crippen molar-refractivity contribution in [1.82, 2.24) is 5.32 Å². The second-order valence-electron chi connectivity index (χ2n) is 4.70. The number of carboxylic acid groups (broad SMARTS) is 1. The van der Waals surface area contributed by atoms with Crippen LogP contribution in [0.4, 0.5) is 0 Å². The van der Waals surface area contributed by atoms with Gasteiger partial charge in [0.1, 0.15) is 12.1 Å². The third-order valence-corrected chi connectivity index (χ3v) is 4.27. The molecule has 2 atom stereocenters. The predicted molar refractivity (Wildman–Crippen MR) is 81.4 cm³/mol. The molecule has 1 amide bonds. The fourth-order valence-corrected chi connectivity index (χ4v) is 2.74. The van der Waals surface area contributed by atoms with E-state index in [0.717, 1.165) is 15.6 Å². The molecule has 0 saturated carbocycles. The minimum absolute atomic E-state index is 0.271. The second kappa shape index (κ2) is 7.03. The summed E-state index contributed by atoms with van der Waals surface area (Å²) in [5.74, 6) is -1.36. The summed E-state index contributed by atoms with van der Waals surface area (Å²) < 4.78 is 6.25. The van der Waals surface area contributed by atoms with Crippen LogP contribution >= 0.6 is 22.6 Å². The molecule has 1 saturated heterocycles. The Kier molecular flexibility index (Phi) is 5.36. The lowest BCUT2D eigenvalue weighted by Crippen LogP contribution is -2.46. The Labute approximate surface area is 130 Å². The normalized spacial score (nSPS) is 19.6. The number of hydrogen-bond donors (Lipinski definition) is 2. The van der Waals surface area contributed by atoms with Gasteiger partial charge in [-0.1, -0.05) is 18.2 Å². The zero-order chi connectivity index (χ0) is 14.5. The zero-order valence-corrected chi connectivity index (χ0v) is 13.0. The van der Waals surface area contributed by atoms with E-state index in [1.165, 1.54) is 0 Å². The lowest BCUT2D eigenvalue weighted by molar-refractivity contribution is -0.143. The van der Waals surface area contributed by atoms with Gasteiger partial charge in [0, 0.05) is 16.6 Å². The van der Waals surface area contributed by atoms with E-state index < -0.39 is 18.1 Å². The number of carboxylic acids is 1. The number of aliphatic carboxylic acids is 1. The van der Waals surface area contributed by atoms with Crippen molar-refractivity contribution >= 4 is 34.5 Å². The van der Waals surface area contributed by atoms with Crippen molar-refractivity contribution in [3.05, 3.63) is 33.4 Å².